The maximum absolute atomic E-state index is 10.5. The summed E-state index contributed by atoms with van der Waals surface area (Å²) in [5.41, 5.74) is 0.532. The molecule has 2 heterocycles. The summed E-state index contributed by atoms with van der Waals surface area (Å²) in [6.45, 7) is 2.29. The molecule has 4 rings (SSSR count). The lowest BCUT2D eigenvalue weighted by Crippen LogP contribution is -2.62. The largest absolute Gasteiger partial charge is 0.507 e. The Kier molecular flexibility index (Phi) is 5.61. The van der Waals surface area contributed by atoms with Crippen LogP contribution in [0.3, 0.4) is 0 Å². The minimum atomic E-state index is -1.24. The number of aliphatic hydroxyl groups excluding tert-OH is 2. The van der Waals surface area contributed by atoms with Crippen molar-refractivity contribution >= 4 is 17.0 Å². The van der Waals surface area contributed by atoms with E-state index in [-0.39, 0.29) is 12.4 Å². The zero-order valence-corrected chi connectivity index (χ0v) is 15.6. The number of fused-ring (bicyclic) bond motifs is 2. The molecule has 0 amide bonds. The van der Waals surface area contributed by atoms with Crippen molar-refractivity contribution < 1.29 is 29.5 Å². The van der Waals surface area contributed by atoms with Gasteiger partial charge in [0.05, 0.1) is 6.61 Å². The van der Waals surface area contributed by atoms with Gasteiger partial charge in [-0.15, -0.1) is 0 Å². The standard InChI is InChI=1S/C21H25NO6/c1-2-5-17-26-11-16-20(28-17)18(24)19(25)21(27-16)22-10-14-13-7-4-3-6-12(13)8-9-15(14)23/h3-4,6-10,16-21,23-25H,2,5,11H2,1H3/b22-10+/t16-,17?,18-,19-,20-,21-/m1/s1. The number of aromatic hydroxyl groups is 1. The Morgan fingerprint density at radius 2 is 1.93 bits per heavy atom. The number of hydrogen-bond donors (Lipinski definition) is 3. The smallest absolute Gasteiger partial charge is 0.177 e. The van der Waals surface area contributed by atoms with Crippen LogP contribution >= 0.6 is 0 Å². The highest BCUT2D eigenvalue weighted by Gasteiger charge is 2.48. The van der Waals surface area contributed by atoms with Gasteiger partial charge in [0.25, 0.3) is 0 Å². The van der Waals surface area contributed by atoms with Crippen molar-refractivity contribution in [2.45, 2.75) is 56.7 Å². The first-order valence-corrected chi connectivity index (χ1v) is 9.61. The van der Waals surface area contributed by atoms with Crippen molar-refractivity contribution in [1.82, 2.24) is 0 Å². The second-order valence-corrected chi connectivity index (χ2v) is 7.20. The molecule has 3 N–H and O–H groups in total. The molecule has 0 spiro atoms. The SMILES string of the molecule is CCCC1OC[C@H]2O[C@@H](/N=C/c3c(O)ccc4ccccc34)[C@H](O)[C@@H](O)[C@@H]2O1. The van der Waals surface area contributed by atoms with E-state index in [4.69, 9.17) is 14.2 Å². The Hall–Kier alpha value is -2.03. The van der Waals surface area contributed by atoms with Crippen molar-refractivity contribution in [2.24, 2.45) is 4.99 Å². The molecule has 0 radical (unpaired) electrons. The van der Waals surface area contributed by atoms with Crippen LogP contribution in [0.1, 0.15) is 25.3 Å². The summed E-state index contributed by atoms with van der Waals surface area (Å²) >= 11 is 0. The van der Waals surface area contributed by atoms with E-state index in [0.717, 1.165) is 17.2 Å². The van der Waals surface area contributed by atoms with Crippen LogP contribution in [-0.2, 0) is 14.2 Å². The summed E-state index contributed by atoms with van der Waals surface area (Å²) in [4.78, 5) is 4.31. The van der Waals surface area contributed by atoms with Gasteiger partial charge in [0.2, 0.25) is 0 Å². The number of hydrogen-bond acceptors (Lipinski definition) is 7. The van der Waals surface area contributed by atoms with E-state index in [1.54, 1.807) is 6.07 Å². The lowest BCUT2D eigenvalue weighted by Gasteiger charge is -2.45. The number of rotatable bonds is 4. The molecule has 7 heteroatoms. The first-order chi connectivity index (χ1) is 13.6. The molecular weight excluding hydrogens is 362 g/mol. The van der Waals surface area contributed by atoms with Crippen LogP contribution in [0.15, 0.2) is 41.4 Å². The monoisotopic (exact) mass is 387 g/mol. The average Bonchev–Trinajstić information content (AvgIpc) is 2.71. The molecule has 2 saturated heterocycles. The molecule has 0 saturated carbocycles. The van der Waals surface area contributed by atoms with Gasteiger partial charge >= 0.3 is 0 Å². The van der Waals surface area contributed by atoms with Crippen LogP contribution in [0, 0.1) is 0 Å². The summed E-state index contributed by atoms with van der Waals surface area (Å²) < 4.78 is 17.2. The molecule has 1 unspecified atom stereocenters. The Morgan fingerprint density at radius 1 is 1.11 bits per heavy atom. The van der Waals surface area contributed by atoms with E-state index in [0.29, 0.717) is 12.0 Å². The van der Waals surface area contributed by atoms with Gasteiger partial charge in [0.1, 0.15) is 30.2 Å². The van der Waals surface area contributed by atoms with Gasteiger partial charge in [-0.2, -0.15) is 0 Å². The predicted molar refractivity (Wildman–Crippen MR) is 103 cm³/mol. The molecule has 0 aromatic heterocycles. The molecule has 2 fully saturated rings. The molecule has 0 bridgehead atoms. The third-order valence-corrected chi connectivity index (χ3v) is 5.24. The third-order valence-electron chi connectivity index (χ3n) is 5.24. The molecule has 6 atom stereocenters. The van der Waals surface area contributed by atoms with E-state index in [9.17, 15) is 15.3 Å². The van der Waals surface area contributed by atoms with Gasteiger partial charge < -0.3 is 29.5 Å². The van der Waals surface area contributed by atoms with Crippen LogP contribution in [0.25, 0.3) is 10.8 Å². The maximum Gasteiger partial charge on any atom is 0.177 e. The first-order valence-electron chi connectivity index (χ1n) is 9.61. The van der Waals surface area contributed by atoms with Gasteiger partial charge in [0.15, 0.2) is 12.5 Å². The molecule has 150 valence electrons. The lowest BCUT2D eigenvalue weighted by molar-refractivity contribution is -0.324. The van der Waals surface area contributed by atoms with Crippen LogP contribution in [0.5, 0.6) is 5.75 Å². The van der Waals surface area contributed by atoms with Crippen molar-refractivity contribution in [3.63, 3.8) is 0 Å². The molecule has 28 heavy (non-hydrogen) atoms. The number of nitrogens with zero attached hydrogens (tertiary/aromatic N) is 1. The third kappa shape index (κ3) is 3.64. The molecule has 0 aliphatic carbocycles. The van der Waals surface area contributed by atoms with Crippen molar-refractivity contribution in [2.75, 3.05) is 6.61 Å². The quantitative estimate of drug-likeness (QED) is 0.694. The predicted octanol–water partition coefficient (Wildman–Crippen LogP) is 1.95. The minimum Gasteiger partial charge on any atom is -0.507 e. The van der Waals surface area contributed by atoms with Crippen molar-refractivity contribution in [1.29, 1.82) is 0 Å². The van der Waals surface area contributed by atoms with Gasteiger partial charge in [-0.25, -0.2) is 0 Å². The number of phenols is 1. The van der Waals surface area contributed by atoms with Crippen LogP contribution in [-0.4, -0.2) is 65.1 Å². The maximum atomic E-state index is 10.5. The zero-order chi connectivity index (χ0) is 19.7. The van der Waals surface area contributed by atoms with Crippen LogP contribution in [0.2, 0.25) is 0 Å². The van der Waals surface area contributed by atoms with Gasteiger partial charge in [-0.1, -0.05) is 43.7 Å². The molecule has 2 aliphatic rings. The highest BCUT2D eigenvalue weighted by molar-refractivity contribution is 6.02. The van der Waals surface area contributed by atoms with Crippen molar-refractivity contribution in [3.8, 4) is 5.75 Å². The number of ether oxygens (including phenoxy) is 3. The summed E-state index contributed by atoms with van der Waals surface area (Å²) in [5, 5.41) is 33.0. The van der Waals surface area contributed by atoms with E-state index in [1.807, 2.05) is 37.3 Å². The summed E-state index contributed by atoms with van der Waals surface area (Å²) in [6, 6.07) is 11.0. The Labute approximate surface area is 163 Å². The van der Waals surface area contributed by atoms with E-state index in [2.05, 4.69) is 4.99 Å². The first kappa shape index (κ1) is 19.3. The molecule has 7 nitrogen and oxygen atoms in total. The highest BCUT2D eigenvalue weighted by Crippen LogP contribution is 2.31. The Balaban J connectivity index is 1.54. The topological polar surface area (TPSA) is 101 Å². The Bertz CT molecular complexity index is 854. The zero-order valence-electron chi connectivity index (χ0n) is 15.6. The van der Waals surface area contributed by atoms with E-state index >= 15 is 0 Å². The number of aliphatic hydroxyl groups is 2. The number of phenolic OH excluding ortho intramolecular Hbond substituents is 1. The normalized spacial score (nSPS) is 33.2. The van der Waals surface area contributed by atoms with Gasteiger partial charge in [-0.3, -0.25) is 4.99 Å². The second-order valence-electron chi connectivity index (χ2n) is 7.20. The fourth-order valence-electron chi connectivity index (χ4n) is 3.72. The molecule has 2 aromatic rings. The van der Waals surface area contributed by atoms with Gasteiger partial charge in [-0.05, 0) is 23.3 Å². The van der Waals surface area contributed by atoms with Crippen LogP contribution in [0.4, 0.5) is 0 Å². The lowest BCUT2D eigenvalue weighted by atomic mass is 9.97. The number of benzene rings is 2. The fraction of sp³-hybridized carbons (Fsp3) is 0.476. The van der Waals surface area contributed by atoms with Crippen LogP contribution < -0.4 is 0 Å². The van der Waals surface area contributed by atoms with Crippen molar-refractivity contribution in [3.05, 3.63) is 42.0 Å². The summed E-state index contributed by atoms with van der Waals surface area (Å²) in [5.74, 6) is 0.0814. The highest BCUT2D eigenvalue weighted by atomic mass is 16.7. The minimum absolute atomic E-state index is 0.0814. The number of aliphatic imine (C=N–C) groups is 1. The average molecular weight is 387 g/mol. The molecule has 2 aromatic carbocycles. The van der Waals surface area contributed by atoms with E-state index < -0.39 is 36.9 Å². The second kappa shape index (κ2) is 8.14. The van der Waals surface area contributed by atoms with E-state index in [1.165, 1.54) is 6.21 Å². The fourth-order valence-corrected chi connectivity index (χ4v) is 3.72. The summed E-state index contributed by atoms with van der Waals surface area (Å²) in [7, 11) is 0. The van der Waals surface area contributed by atoms with Gasteiger partial charge in [0, 0.05) is 11.8 Å². The molecular formula is C21H25NO6. The Morgan fingerprint density at radius 3 is 2.75 bits per heavy atom. The molecule has 2 aliphatic heterocycles. The summed E-state index contributed by atoms with van der Waals surface area (Å²) in [6.07, 6.45) is -1.85.